The molecule has 0 fully saturated rings. The second-order valence-electron chi connectivity index (χ2n) is 7.98. The van der Waals surface area contributed by atoms with Crippen molar-refractivity contribution in [1.29, 1.82) is 0 Å². The largest absolute Gasteiger partial charge is 0.375 e. The normalized spacial score (nSPS) is 12.4. The first-order valence-corrected chi connectivity index (χ1v) is 11.8. The van der Waals surface area contributed by atoms with Crippen molar-refractivity contribution in [3.05, 3.63) is 128 Å². The highest BCUT2D eigenvalue weighted by Crippen LogP contribution is 2.38. The quantitative estimate of drug-likeness (QED) is 0.107. The summed E-state index contributed by atoms with van der Waals surface area (Å²) >= 11 is 9.15. The van der Waals surface area contributed by atoms with Crippen LogP contribution in [-0.4, -0.2) is 9.85 Å². The lowest BCUT2D eigenvalue weighted by atomic mass is 9.92. The average molecular weight is 519 g/mol. The number of nitro benzene ring substituents is 2. The Hall–Kier alpha value is -4.02. The number of nitrogens with one attached hydrogen (secondary N) is 2. The average Bonchev–Trinajstić information content (AvgIpc) is 2.88. The van der Waals surface area contributed by atoms with Crippen molar-refractivity contribution in [3.8, 4) is 0 Å². The number of nitrogens with zero attached hydrogens (tertiary/aromatic N) is 2. The third kappa shape index (κ3) is 5.78. The van der Waals surface area contributed by atoms with Crippen LogP contribution >= 0.6 is 25.3 Å². The van der Waals surface area contributed by atoms with Gasteiger partial charge in [0.2, 0.25) is 0 Å². The van der Waals surface area contributed by atoms with Gasteiger partial charge in [-0.2, -0.15) is 0 Å². The van der Waals surface area contributed by atoms with E-state index in [1.54, 1.807) is 24.3 Å². The zero-order valence-electron chi connectivity index (χ0n) is 18.8. The van der Waals surface area contributed by atoms with Gasteiger partial charge in [0.05, 0.1) is 21.9 Å². The Labute approximate surface area is 218 Å². The van der Waals surface area contributed by atoms with Crippen LogP contribution in [0, 0.1) is 20.2 Å². The lowest BCUT2D eigenvalue weighted by molar-refractivity contribution is -0.385. The van der Waals surface area contributed by atoms with Gasteiger partial charge in [0.25, 0.3) is 11.4 Å². The number of thiol groups is 2. The highest BCUT2D eigenvalue weighted by Gasteiger charge is 2.27. The first-order chi connectivity index (χ1) is 17.3. The number of anilines is 2. The zero-order chi connectivity index (χ0) is 25.7. The van der Waals surface area contributed by atoms with Crippen LogP contribution < -0.4 is 10.6 Å². The fraction of sp³-hybridized carbons (Fsp3) is 0.0769. The summed E-state index contributed by atoms with van der Waals surface area (Å²) in [5.41, 5.74) is 3.02. The maximum Gasteiger partial charge on any atom is 0.269 e. The molecule has 2 unspecified atom stereocenters. The summed E-state index contributed by atoms with van der Waals surface area (Å²) in [6, 6.07) is 26.7. The molecule has 0 amide bonds. The molecule has 2 atom stereocenters. The van der Waals surface area contributed by atoms with Gasteiger partial charge in [-0.25, -0.2) is 0 Å². The van der Waals surface area contributed by atoms with Crippen LogP contribution in [0.1, 0.15) is 23.2 Å². The van der Waals surface area contributed by atoms with Gasteiger partial charge in [-0.1, -0.05) is 48.5 Å². The molecule has 0 aliphatic carbocycles. The number of non-ortho nitro benzene ring substituents is 2. The molecule has 4 rings (SSSR count). The maximum absolute atomic E-state index is 11.2. The van der Waals surface area contributed by atoms with Gasteiger partial charge >= 0.3 is 0 Å². The lowest BCUT2D eigenvalue weighted by Crippen LogP contribution is -2.26. The van der Waals surface area contributed by atoms with Crippen molar-refractivity contribution >= 4 is 48.0 Å². The molecule has 0 bridgehead atoms. The first kappa shape index (κ1) is 25.1. The molecule has 4 aromatic carbocycles. The standard InChI is InChI=1S/C26H22N4O4S2/c31-29(32)19-13-9-17(10-14-19)25(27-21-5-1-3-7-23(21)35)26(28-22-6-2-4-8-24(22)36)18-11-15-20(16-12-18)30(33)34/h1-16,25-28,35-36H. The summed E-state index contributed by atoms with van der Waals surface area (Å²) in [6.07, 6.45) is 0. The maximum atomic E-state index is 11.2. The predicted octanol–water partition coefficient (Wildman–Crippen LogP) is 7.09. The molecule has 2 N–H and O–H groups in total. The fourth-order valence-corrected chi connectivity index (χ4v) is 4.30. The van der Waals surface area contributed by atoms with E-state index in [1.165, 1.54) is 24.3 Å². The molecule has 10 heteroatoms. The third-order valence-electron chi connectivity index (χ3n) is 5.69. The Bertz CT molecular complexity index is 1270. The van der Waals surface area contributed by atoms with Gasteiger partial charge in [0, 0.05) is 45.4 Å². The van der Waals surface area contributed by atoms with E-state index in [0.717, 1.165) is 32.3 Å². The van der Waals surface area contributed by atoms with Crippen molar-refractivity contribution in [2.75, 3.05) is 10.6 Å². The number of rotatable bonds is 9. The molecule has 4 aromatic rings. The topological polar surface area (TPSA) is 110 Å². The van der Waals surface area contributed by atoms with Crippen molar-refractivity contribution in [2.45, 2.75) is 21.9 Å². The smallest absolute Gasteiger partial charge is 0.269 e. The van der Waals surface area contributed by atoms with Gasteiger partial charge in [0.15, 0.2) is 0 Å². The molecule has 0 aliphatic rings. The lowest BCUT2D eigenvalue weighted by Gasteiger charge is -2.32. The summed E-state index contributed by atoms with van der Waals surface area (Å²) in [4.78, 5) is 23.0. The Kier molecular flexibility index (Phi) is 7.77. The number of hydrogen-bond donors (Lipinski definition) is 4. The van der Waals surface area contributed by atoms with E-state index in [4.69, 9.17) is 0 Å². The van der Waals surface area contributed by atoms with E-state index < -0.39 is 21.9 Å². The van der Waals surface area contributed by atoms with Crippen LogP contribution in [0.3, 0.4) is 0 Å². The summed E-state index contributed by atoms with van der Waals surface area (Å²) in [5, 5.41) is 29.5. The molecule has 36 heavy (non-hydrogen) atoms. The SMILES string of the molecule is O=[N+]([O-])c1ccc(C(Nc2ccccc2S)C(Nc2ccccc2S)c2ccc([N+](=O)[O-])cc2)cc1. The van der Waals surface area contributed by atoms with Crippen LogP contribution in [-0.2, 0) is 0 Å². The predicted molar refractivity (Wildman–Crippen MR) is 146 cm³/mol. The first-order valence-electron chi connectivity index (χ1n) is 10.9. The van der Waals surface area contributed by atoms with E-state index in [0.29, 0.717) is 0 Å². The van der Waals surface area contributed by atoms with Crippen molar-refractivity contribution < 1.29 is 9.85 Å². The molecule has 0 aromatic heterocycles. The fourth-order valence-electron chi connectivity index (χ4n) is 3.85. The molecule has 182 valence electrons. The molecule has 0 aliphatic heterocycles. The van der Waals surface area contributed by atoms with Crippen molar-refractivity contribution in [2.24, 2.45) is 0 Å². The van der Waals surface area contributed by atoms with Crippen LogP contribution in [0.4, 0.5) is 22.7 Å². The third-order valence-corrected chi connectivity index (χ3v) is 6.47. The van der Waals surface area contributed by atoms with Crippen molar-refractivity contribution in [3.63, 3.8) is 0 Å². The van der Waals surface area contributed by atoms with E-state index in [1.807, 2.05) is 48.5 Å². The van der Waals surface area contributed by atoms with Crippen LogP contribution in [0.25, 0.3) is 0 Å². The monoisotopic (exact) mass is 518 g/mol. The van der Waals surface area contributed by atoms with Gasteiger partial charge in [-0.05, 0) is 35.4 Å². The van der Waals surface area contributed by atoms with E-state index in [-0.39, 0.29) is 11.4 Å². The number of para-hydroxylation sites is 2. The van der Waals surface area contributed by atoms with Crippen LogP contribution in [0.15, 0.2) is 107 Å². The van der Waals surface area contributed by atoms with Gasteiger partial charge < -0.3 is 10.6 Å². The zero-order valence-corrected chi connectivity index (χ0v) is 20.6. The Morgan fingerprint density at radius 2 is 0.889 bits per heavy atom. The van der Waals surface area contributed by atoms with Crippen LogP contribution in [0.5, 0.6) is 0 Å². The molecular weight excluding hydrogens is 496 g/mol. The number of nitro groups is 2. The summed E-state index contributed by atoms with van der Waals surface area (Å²) in [6.45, 7) is 0. The molecule has 0 heterocycles. The van der Waals surface area contributed by atoms with E-state index in [2.05, 4.69) is 35.9 Å². The molecule has 0 saturated carbocycles. The van der Waals surface area contributed by atoms with Gasteiger partial charge in [-0.3, -0.25) is 20.2 Å². The Morgan fingerprint density at radius 1 is 0.556 bits per heavy atom. The minimum atomic E-state index is -0.450. The minimum absolute atomic E-state index is 0.0207. The van der Waals surface area contributed by atoms with Gasteiger partial charge in [-0.15, -0.1) is 25.3 Å². The van der Waals surface area contributed by atoms with Crippen LogP contribution in [0.2, 0.25) is 0 Å². The van der Waals surface area contributed by atoms with Crippen molar-refractivity contribution in [1.82, 2.24) is 0 Å². The Balaban J connectivity index is 1.84. The summed E-state index contributed by atoms with van der Waals surface area (Å²) < 4.78 is 0. The van der Waals surface area contributed by atoms with E-state index in [9.17, 15) is 20.2 Å². The minimum Gasteiger partial charge on any atom is -0.375 e. The summed E-state index contributed by atoms with van der Waals surface area (Å²) in [7, 11) is 0. The molecule has 8 nitrogen and oxygen atoms in total. The van der Waals surface area contributed by atoms with E-state index >= 15 is 0 Å². The molecular formula is C26H22N4O4S2. The number of benzene rings is 4. The highest BCUT2D eigenvalue weighted by atomic mass is 32.1. The summed E-state index contributed by atoms with van der Waals surface area (Å²) in [5.74, 6) is 0. The molecule has 0 radical (unpaired) electrons. The second-order valence-corrected chi connectivity index (χ2v) is 8.94. The second kappa shape index (κ2) is 11.1. The number of hydrogen-bond acceptors (Lipinski definition) is 8. The van der Waals surface area contributed by atoms with Gasteiger partial charge in [0.1, 0.15) is 0 Å². The molecule has 0 saturated heterocycles. The Morgan fingerprint density at radius 3 is 1.19 bits per heavy atom. The highest BCUT2D eigenvalue weighted by molar-refractivity contribution is 7.80. The molecule has 0 spiro atoms.